The van der Waals surface area contributed by atoms with Gasteiger partial charge >= 0.3 is 11.8 Å². The molecule has 0 bridgehead atoms. The van der Waals surface area contributed by atoms with Crippen LogP contribution in [0.3, 0.4) is 0 Å². The minimum atomic E-state index is -0.749. The number of nitrogens with zero attached hydrogens (tertiary/aromatic N) is 4. The highest BCUT2D eigenvalue weighted by Gasteiger charge is 2.18. The summed E-state index contributed by atoms with van der Waals surface area (Å²) in [5.41, 5.74) is 3.45. The maximum Gasteiger partial charge on any atom is 0.313 e. The van der Waals surface area contributed by atoms with Crippen molar-refractivity contribution in [3.05, 3.63) is 78.4 Å². The molecule has 4 rings (SSSR count). The lowest BCUT2D eigenvalue weighted by atomic mass is 10.1. The molecule has 1 fully saturated rings. The van der Waals surface area contributed by atoms with Gasteiger partial charge in [0.25, 0.3) is 5.91 Å². The van der Waals surface area contributed by atoms with Gasteiger partial charge in [-0.1, -0.05) is 6.07 Å². The van der Waals surface area contributed by atoms with Crippen LogP contribution in [0.4, 0.5) is 17.1 Å². The highest BCUT2D eigenvalue weighted by molar-refractivity contribution is 6.39. The van der Waals surface area contributed by atoms with E-state index in [0.29, 0.717) is 23.5 Å². The van der Waals surface area contributed by atoms with Gasteiger partial charge in [-0.25, -0.2) is 0 Å². The number of benzene rings is 1. The van der Waals surface area contributed by atoms with Crippen molar-refractivity contribution in [1.29, 1.82) is 0 Å². The molecule has 10 nitrogen and oxygen atoms in total. The zero-order valence-corrected chi connectivity index (χ0v) is 20.8. The molecule has 0 radical (unpaired) electrons. The molecule has 0 aliphatic carbocycles. The number of amides is 3. The van der Waals surface area contributed by atoms with Crippen molar-refractivity contribution < 1.29 is 14.4 Å². The van der Waals surface area contributed by atoms with E-state index in [0.717, 1.165) is 44.7 Å². The second-order valence-corrected chi connectivity index (χ2v) is 8.82. The van der Waals surface area contributed by atoms with Crippen molar-refractivity contribution >= 4 is 34.8 Å². The Morgan fingerprint density at radius 1 is 0.838 bits per heavy atom. The Labute approximate surface area is 216 Å². The Morgan fingerprint density at radius 2 is 1.51 bits per heavy atom. The molecule has 1 aromatic carbocycles. The number of piperazine rings is 1. The van der Waals surface area contributed by atoms with Crippen LogP contribution in [0.15, 0.2) is 67.3 Å². The van der Waals surface area contributed by atoms with Crippen LogP contribution < -0.4 is 20.9 Å². The summed E-state index contributed by atoms with van der Waals surface area (Å²) in [5.74, 6) is -1.72. The molecule has 3 N–H and O–H groups in total. The van der Waals surface area contributed by atoms with Crippen molar-refractivity contribution in [2.75, 3.05) is 54.8 Å². The van der Waals surface area contributed by atoms with Gasteiger partial charge in [0.15, 0.2) is 0 Å². The molecule has 3 heterocycles. The predicted octanol–water partition coefficient (Wildman–Crippen LogP) is 2.30. The molecule has 1 aliphatic heterocycles. The van der Waals surface area contributed by atoms with E-state index < -0.39 is 11.8 Å². The van der Waals surface area contributed by atoms with Crippen molar-refractivity contribution in [2.24, 2.45) is 0 Å². The van der Waals surface area contributed by atoms with E-state index in [1.165, 1.54) is 5.69 Å². The molecule has 1 aliphatic rings. The Morgan fingerprint density at radius 3 is 2.22 bits per heavy atom. The third-order valence-electron chi connectivity index (χ3n) is 6.23. The summed E-state index contributed by atoms with van der Waals surface area (Å²) < 4.78 is 0. The first-order valence-electron chi connectivity index (χ1n) is 12.3. The van der Waals surface area contributed by atoms with Crippen LogP contribution in [0.25, 0.3) is 0 Å². The number of aryl methyl sites for hydroxylation is 1. The molecule has 3 aromatic rings. The van der Waals surface area contributed by atoms with Crippen LogP contribution in [0.1, 0.15) is 22.3 Å². The van der Waals surface area contributed by atoms with Gasteiger partial charge in [0, 0.05) is 80.1 Å². The maximum absolute atomic E-state index is 12.5. The monoisotopic (exact) mass is 501 g/mol. The third-order valence-corrected chi connectivity index (χ3v) is 6.23. The minimum absolute atomic E-state index is 0.287. The first kappa shape index (κ1) is 25.8. The number of carbonyl (C=O) groups excluding carboxylic acids is 3. The second kappa shape index (κ2) is 12.6. The molecule has 0 unspecified atom stereocenters. The highest BCUT2D eigenvalue weighted by Crippen LogP contribution is 2.21. The normalized spacial score (nSPS) is 13.6. The van der Waals surface area contributed by atoms with E-state index >= 15 is 0 Å². The largest absolute Gasteiger partial charge is 0.369 e. The van der Waals surface area contributed by atoms with Gasteiger partial charge in [-0.15, -0.1) is 0 Å². The van der Waals surface area contributed by atoms with Crippen LogP contribution in [-0.2, 0) is 9.59 Å². The highest BCUT2D eigenvalue weighted by atomic mass is 16.2. The van der Waals surface area contributed by atoms with Gasteiger partial charge in [0.2, 0.25) is 0 Å². The van der Waals surface area contributed by atoms with E-state index in [-0.39, 0.29) is 5.91 Å². The van der Waals surface area contributed by atoms with Gasteiger partial charge in [-0.3, -0.25) is 29.3 Å². The van der Waals surface area contributed by atoms with Crippen molar-refractivity contribution in [2.45, 2.75) is 13.3 Å². The smallest absolute Gasteiger partial charge is 0.313 e. The number of nitrogens with one attached hydrogen (secondary N) is 3. The number of hydrogen-bond acceptors (Lipinski definition) is 7. The molecule has 10 heteroatoms. The Balaban J connectivity index is 1.18. The number of pyridine rings is 2. The molecule has 37 heavy (non-hydrogen) atoms. The molecule has 0 spiro atoms. The molecule has 0 atom stereocenters. The quantitative estimate of drug-likeness (QED) is 0.320. The average molecular weight is 502 g/mol. The lowest BCUT2D eigenvalue weighted by Crippen LogP contribution is -2.47. The number of rotatable bonds is 8. The Bertz CT molecular complexity index is 1210. The molecule has 0 saturated carbocycles. The van der Waals surface area contributed by atoms with Gasteiger partial charge in [-0.2, -0.15) is 0 Å². The standard InChI is InChI=1S/C27H31N7O3/c1-20-3-4-22(19-24(20)32-25(35)21-5-10-28-11-6-21)31-27(37)26(36)30-9-2-14-33-15-17-34(18-16-33)23-7-12-29-13-8-23/h3-8,10-13,19H,2,9,14-18H2,1H3,(H,30,36)(H,31,37)(H,32,35). The van der Waals surface area contributed by atoms with Crippen LogP contribution in [-0.4, -0.2) is 71.9 Å². The van der Waals surface area contributed by atoms with E-state index in [1.807, 2.05) is 19.1 Å². The van der Waals surface area contributed by atoms with Crippen LogP contribution in [0.5, 0.6) is 0 Å². The van der Waals surface area contributed by atoms with Crippen LogP contribution in [0.2, 0.25) is 0 Å². The first-order chi connectivity index (χ1) is 18.0. The van der Waals surface area contributed by atoms with Gasteiger partial charge in [0.1, 0.15) is 0 Å². The third kappa shape index (κ3) is 7.34. The zero-order valence-electron chi connectivity index (χ0n) is 20.8. The molecule has 192 valence electrons. The Kier molecular flexibility index (Phi) is 8.77. The topological polar surface area (TPSA) is 120 Å². The van der Waals surface area contributed by atoms with Crippen molar-refractivity contribution in [3.8, 4) is 0 Å². The fourth-order valence-corrected chi connectivity index (χ4v) is 4.09. The lowest BCUT2D eigenvalue weighted by molar-refractivity contribution is -0.136. The van der Waals surface area contributed by atoms with E-state index in [4.69, 9.17) is 0 Å². The zero-order chi connectivity index (χ0) is 26.0. The Hall–Kier alpha value is -4.31. The van der Waals surface area contributed by atoms with Gasteiger partial charge < -0.3 is 20.9 Å². The van der Waals surface area contributed by atoms with Crippen LogP contribution in [0, 0.1) is 6.92 Å². The summed E-state index contributed by atoms with van der Waals surface area (Å²) in [4.78, 5) is 49.8. The summed E-state index contributed by atoms with van der Waals surface area (Å²) in [5, 5.41) is 8.11. The predicted molar refractivity (Wildman–Crippen MR) is 143 cm³/mol. The van der Waals surface area contributed by atoms with E-state index in [2.05, 4.69) is 35.7 Å². The van der Waals surface area contributed by atoms with E-state index in [9.17, 15) is 14.4 Å². The summed E-state index contributed by atoms with van der Waals surface area (Å²) in [7, 11) is 0. The maximum atomic E-state index is 12.5. The number of carbonyl (C=O) groups is 3. The fourth-order valence-electron chi connectivity index (χ4n) is 4.09. The summed E-state index contributed by atoms with van der Waals surface area (Å²) >= 11 is 0. The van der Waals surface area contributed by atoms with E-state index in [1.54, 1.807) is 55.1 Å². The second-order valence-electron chi connectivity index (χ2n) is 8.82. The SMILES string of the molecule is Cc1ccc(NC(=O)C(=O)NCCCN2CCN(c3ccncc3)CC2)cc1NC(=O)c1ccncc1. The molecular formula is C27H31N7O3. The number of aromatic nitrogens is 2. The van der Waals surface area contributed by atoms with Crippen LogP contribution >= 0.6 is 0 Å². The molecular weight excluding hydrogens is 470 g/mol. The first-order valence-corrected chi connectivity index (χ1v) is 12.3. The lowest BCUT2D eigenvalue weighted by Gasteiger charge is -2.36. The molecule has 2 aromatic heterocycles. The van der Waals surface area contributed by atoms with Crippen molar-refractivity contribution in [1.82, 2.24) is 20.2 Å². The average Bonchev–Trinajstić information content (AvgIpc) is 2.94. The fraction of sp³-hybridized carbons (Fsp3) is 0.296. The summed E-state index contributed by atoms with van der Waals surface area (Å²) in [6.07, 6.45) is 7.45. The summed E-state index contributed by atoms with van der Waals surface area (Å²) in [6, 6.07) is 12.4. The number of hydrogen-bond donors (Lipinski definition) is 3. The minimum Gasteiger partial charge on any atom is -0.369 e. The van der Waals surface area contributed by atoms with Gasteiger partial charge in [-0.05, 0) is 61.9 Å². The van der Waals surface area contributed by atoms with Gasteiger partial charge in [0.05, 0.1) is 0 Å². The molecule has 1 saturated heterocycles. The molecule has 3 amide bonds. The van der Waals surface area contributed by atoms with Crippen molar-refractivity contribution in [3.63, 3.8) is 0 Å². The number of anilines is 3. The summed E-state index contributed by atoms with van der Waals surface area (Å²) in [6.45, 7) is 6.90.